The molecule has 3 N–H and O–H groups in total. The Kier molecular flexibility index (Phi) is 4.06. The number of hydrogen-bond donors (Lipinski definition) is 2. The summed E-state index contributed by atoms with van der Waals surface area (Å²) < 4.78 is 35.6. The Balaban J connectivity index is 2.67. The molecule has 1 rings (SSSR count). The Morgan fingerprint density at radius 1 is 1.24 bits per heavy atom. The first-order valence-corrected chi connectivity index (χ1v) is 4.95. The minimum atomic E-state index is -4.42. The van der Waals surface area contributed by atoms with Crippen molar-refractivity contribution in [1.29, 1.82) is 0 Å². The second-order valence-electron chi connectivity index (χ2n) is 3.24. The summed E-state index contributed by atoms with van der Waals surface area (Å²) >= 11 is 4.70. The van der Waals surface area contributed by atoms with Crippen molar-refractivity contribution in [1.82, 2.24) is 5.32 Å². The first-order chi connectivity index (χ1) is 7.79. The molecule has 0 saturated heterocycles. The number of hydrogen-bond acceptors (Lipinski definition) is 2. The fourth-order valence-electron chi connectivity index (χ4n) is 1.07. The van der Waals surface area contributed by atoms with Gasteiger partial charge in [0, 0.05) is 11.1 Å². The van der Waals surface area contributed by atoms with Crippen LogP contribution in [0.3, 0.4) is 0 Å². The maximum absolute atomic E-state index is 11.9. The third-order valence-corrected chi connectivity index (χ3v) is 2.12. The second-order valence-corrected chi connectivity index (χ2v) is 3.68. The van der Waals surface area contributed by atoms with Gasteiger partial charge in [0.1, 0.15) is 11.5 Å². The molecular formula is C10H9F3N2OS. The molecule has 0 atom stereocenters. The molecule has 7 heteroatoms. The average Bonchev–Trinajstić information content (AvgIpc) is 2.25. The molecule has 0 aliphatic rings. The highest BCUT2D eigenvalue weighted by Gasteiger charge is 2.27. The van der Waals surface area contributed by atoms with Crippen molar-refractivity contribution in [3.05, 3.63) is 35.4 Å². The van der Waals surface area contributed by atoms with Gasteiger partial charge in [0.15, 0.2) is 0 Å². The molecule has 0 spiro atoms. The van der Waals surface area contributed by atoms with Crippen molar-refractivity contribution >= 4 is 23.1 Å². The van der Waals surface area contributed by atoms with Crippen LogP contribution in [0.4, 0.5) is 13.2 Å². The molecule has 0 fully saturated rings. The van der Waals surface area contributed by atoms with Crippen LogP contribution in [0.15, 0.2) is 24.3 Å². The van der Waals surface area contributed by atoms with Gasteiger partial charge in [0.05, 0.1) is 0 Å². The number of thiocarbonyl (C=S) groups is 1. The highest BCUT2D eigenvalue weighted by Crippen LogP contribution is 2.12. The molecule has 17 heavy (non-hydrogen) atoms. The standard InChI is InChI=1S/C10H9F3N2OS/c11-10(12,13)5-15-9(16)7-3-1-6(2-4-7)8(14)17/h1-4H,5H2,(H2,14,17)(H,15,16). The molecule has 1 amide bonds. The summed E-state index contributed by atoms with van der Waals surface area (Å²) in [5.41, 5.74) is 6.01. The Bertz CT molecular complexity index is 428. The zero-order valence-electron chi connectivity index (χ0n) is 8.54. The van der Waals surface area contributed by atoms with Crippen molar-refractivity contribution in [3.8, 4) is 0 Å². The number of amides is 1. The number of carbonyl (C=O) groups is 1. The topological polar surface area (TPSA) is 55.1 Å². The number of rotatable bonds is 3. The van der Waals surface area contributed by atoms with E-state index in [1.54, 1.807) is 5.32 Å². The Labute approximate surface area is 101 Å². The molecule has 0 radical (unpaired) electrons. The highest BCUT2D eigenvalue weighted by molar-refractivity contribution is 7.80. The van der Waals surface area contributed by atoms with Crippen LogP contribution in [-0.4, -0.2) is 23.6 Å². The van der Waals surface area contributed by atoms with E-state index in [1.165, 1.54) is 24.3 Å². The van der Waals surface area contributed by atoms with Crippen molar-refractivity contribution in [3.63, 3.8) is 0 Å². The van der Waals surface area contributed by atoms with Gasteiger partial charge in [0.25, 0.3) is 5.91 Å². The summed E-state index contributed by atoms with van der Waals surface area (Å²) in [6, 6.07) is 5.68. The fraction of sp³-hybridized carbons (Fsp3) is 0.200. The quantitative estimate of drug-likeness (QED) is 0.814. The smallest absolute Gasteiger partial charge is 0.389 e. The number of halogens is 3. The van der Waals surface area contributed by atoms with Gasteiger partial charge in [-0.1, -0.05) is 24.4 Å². The highest BCUT2D eigenvalue weighted by atomic mass is 32.1. The van der Waals surface area contributed by atoms with Crippen LogP contribution in [0, 0.1) is 0 Å². The summed E-state index contributed by atoms with van der Waals surface area (Å²) in [4.78, 5) is 11.5. The molecule has 0 heterocycles. The summed E-state index contributed by atoms with van der Waals surface area (Å²) in [5, 5.41) is 1.76. The third-order valence-electron chi connectivity index (χ3n) is 1.88. The molecule has 0 unspecified atom stereocenters. The number of nitrogens with two attached hydrogens (primary N) is 1. The zero-order chi connectivity index (χ0) is 13.1. The fourth-order valence-corrected chi connectivity index (χ4v) is 1.20. The van der Waals surface area contributed by atoms with Gasteiger partial charge < -0.3 is 11.1 Å². The molecular weight excluding hydrogens is 253 g/mol. The first kappa shape index (κ1) is 13.4. The second kappa shape index (κ2) is 5.13. The van der Waals surface area contributed by atoms with Gasteiger partial charge in [-0.2, -0.15) is 13.2 Å². The van der Waals surface area contributed by atoms with Gasteiger partial charge in [-0.3, -0.25) is 4.79 Å². The first-order valence-electron chi connectivity index (χ1n) is 4.54. The molecule has 92 valence electrons. The predicted molar refractivity (Wildman–Crippen MR) is 60.7 cm³/mol. The van der Waals surface area contributed by atoms with Crippen molar-refractivity contribution in [2.75, 3.05) is 6.54 Å². The van der Waals surface area contributed by atoms with Crippen LogP contribution in [0.5, 0.6) is 0 Å². The van der Waals surface area contributed by atoms with Crippen LogP contribution in [0.1, 0.15) is 15.9 Å². The largest absolute Gasteiger partial charge is 0.405 e. The Morgan fingerprint density at radius 2 is 1.71 bits per heavy atom. The van der Waals surface area contributed by atoms with E-state index >= 15 is 0 Å². The van der Waals surface area contributed by atoms with E-state index in [-0.39, 0.29) is 10.6 Å². The molecule has 0 aliphatic heterocycles. The van der Waals surface area contributed by atoms with Gasteiger partial charge >= 0.3 is 6.18 Å². The minimum absolute atomic E-state index is 0.120. The van der Waals surface area contributed by atoms with Gasteiger partial charge in [0.2, 0.25) is 0 Å². The van der Waals surface area contributed by atoms with E-state index in [0.29, 0.717) is 5.56 Å². The summed E-state index contributed by atoms with van der Waals surface area (Å²) in [6.45, 7) is -1.36. The van der Waals surface area contributed by atoms with E-state index < -0.39 is 18.6 Å². The Hall–Kier alpha value is -1.63. The van der Waals surface area contributed by atoms with Crippen molar-refractivity contribution in [2.24, 2.45) is 5.73 Å². The van der Waals surface area contributed by atoms with E-state index in [0.717, 1.165) is 0 Å². The lowest BCUT2D eigenvalue weighted by molar-refractivity contribution is -0.123. The minimum Gasteiger partial charge on any atom is -0.389 e. The van der Waals surface area contributed by atoms with Crippen LogP contribution in [0.25, 0.3) is 0 Å². The molecule has 0 saturated carbocycles. The number of nitrogens with one attached hydrogen (secondary N) is 1. The lowest BCUT2D eigenvalue weighted by Gasteiger charge is -2.08. The van der Waals surface area contributed by atoms with Gasteiger partial charge in [-0.25, -0.2) is 0 Å². The van der Waals surface area contributed by atoms with Crippen LogP contribution < -0.4 is 11.1 Å². The molecule has 1 aromatic carbocycles. The summed E-state index contributed by atoms with van der Waals surface area (Å²) in [6.07, 6.45) is -4.42. The predicted octanol–water partition coefficient (Wildman–Crippen LogP) is 1.61. The van der Waals surface area contributed by atoms with Gasteiger partial charge in [-0.05, 0) is 12.1 Å². The van der Waals surface area contributed by atoms with Crippen LogP contribution in [0.2, 0.25) is 0 Å². The third kappa shape index (κ3) is 4.39. The van der Waals surface area contributed by atoms with E-state index in [9.17, 15) is 18.0 Å². The average molecular weight is 262 g/mol. The molecule has 1 aromatic rings. The molecule has 0 bridgehead atoms. The summed E-state index contributed by atoms with van der Waals surface area (Å²) in [5.74, 6) is -0.795. The zero-order valence-corrected chi connectivity index (χ0v) is 9.36. The van der Waals surface area contributed by atoms with Crippen molar-refractivity contribution in [2.45, 2.75) is 6.18 Å². The van der Waals surface area contributed by atoms with Crippen molar-refractivity contribution < 1.29 is 18.0 Å². The number of carbonyl (C=O) groups excluding carboxylic acids is 1. The SMILES string of the molecule is NC(=S)c1ccc(C(=O)NCC(F)(F)F)cc1. The van der Waals surface area contributed by atoms with Crippen LogP contribution in [-0.2, 0) is 0 Å². The normalized spacial score (nSPS) is 11.0. The molecule has 3 nitrogen and oxygen atoms in total. The monoisotopic (exact) mass is 262 g/mol. The lowest BCUT2D eigenvalue weighted by atomic mass is 10.1. The maximum Gasteiger partial charge on any atom is 0.405 e. The Morgan fingerprint density at radius 3 is 2.12 bits per heavy atom. The molecule has 0 aromatic heterocycles. The van der Waals surface area contributed by atoms with E-state index in [2.05, 4.69) is 0 Å². The van der Waals surface area contributed by atoms with Crippen LogP contribution >= 0.6 is 12.2 Å². The maximum atomic E-state index is 11.9. The number of benzene rings is 1. The van der Waals surface area contributed by atoms with E-state index in [1.807, 2.05) is 0 Å². The number of alkyl halides is 3. The lowest BCUT2D eigenvalue weighted by Crippen LogP contribution is -2.33. The van der Waals surface area contributed by atoms with E-state index in [4.69, 9.17) is 18.0 Å². The van der Waals surface area contributed by atoms with Gasteiger partial charge in [-0.15, -0.1) is 0 Å². The summed E-state index contributed by atoms with van der Waals surface area (Å²) in [7, 11) is 0. The molecule has 0 aliphatic carbocycles.